The lowest BCUT2D eigenvalue weighted by atomic mass is 10.1. The summed E-state index contributed by atoms with van der Waals surface area (Å²) in [5.41, 5.74) is 3.08. The quantitative estimate of drug-likeness (QED) is 0.890. The van der Waals surface area contributed by atoms with Crippen LogP contribution in [0.25, 0.3) is 11.4 Å². The van der Waals surface area contributed by atoms with E-state index < -0.39 is 0 Å². The fourth-order valence-corrected chi connectivity index (χ4v) is 4.03. The Labute approximate surface area is 159 Å². The van der Waals surface area contributed by atoms with Gasteiger partial charge < -0.3 is 14.6 Å². The van der Waals surface area contributed by atoms with Crippen molar-refractivity contribution in [1.82, 2.24) is 24.8 Å². The van der Waals surface area contributed by atoms with Gasteiger partial charge in [0.1, 0.15) is 5.82 Å². The Morgan fingerprint density at radius 3 is 2.89 bits per heavy atom. The molecule has 144 valence electrons. The summed E-state index contributed by atoms with van der Waals surface area (Å²) < 4.78 is 5.76. The van der Waals surface area contributed by atoms with Gasteiger partial charge in [-0.3, -0.25) is 14.7 Å². The van der Waals surface area contributed by atoms with E-state index in [1.807, 2.05) is 17.0 Å². The standard InChI is InChI=1S/C20H27N5O2/c1-14-11-24(12-15(2)27-14)8-6-19(26)25-9-5-17-18(13-25)23-20(22-17)16-4-3-7-21-10-16/h3-4,7,10,14-15H,5-6,8-9,11-13H2,1-2H3,(H,22,23)/t14-,15+. The Hall–Kier alpha value is -2.25. The summed E-state index contributed by atoms with van der Waals surface area (Å²) in [7, 11) is 0. The molecule has 0 bridgehead atoms. The van der Waals surface area contributed by atoms with Crippen molar-refractivity contribution in [3.63, 3.8) is 0 Å². The third kappa shape index (κ3) is 4.20. The molecule has 4 rings (SSSR count). The van der Waals surface area contributed by atoms with Crippen LogP contribution in [0.2, 0.25) is 0 Å². The molecule has 1 saturated heterocycles. The van der Waals surface area contributed by atoms with E-state index in [9.17, 15) is 4.79 Å². The van der Waals surface area contributed by atoms with Gasteiger partial charge in [0.15, 0.2) is 0 Å². The van der Waals surface area contributed by atoms with Crippen LogP contribution in [0.4, 0.5) is 0 Å². The van der Waals surface area contributed by atoms with Crippen molar-refractivity contribution in [3.8, 4) is 11.4 Å². The second-order valence-electron chi connectivity index (χ2n) is 7.58. The second kappa shape index (κ2) is 7.78. The molecule has 1 N–H and O–H groups in total. The highest BCUT2D eigenvalue weighted by Crippen LogP contribution is 2.22. The predicted molar refractivity (Wildman–Crippen MR) is 102 cm³/mol. The third-order valence-electron chi connectivity index (χ3n) is 5.26. The van der Waals surface area contributed by atoms with Crippen LogP contribution < -0.4 is 0 Å². The maximum atomic E-state index is 12.7. The molecule has 0 unspecified atom stereocenters. The van der Waals surface area contributed by atoms with Gasteiger partial charge in [-0.2, -0.15) is 0 Å². The Morgan fingerprint density at radius 2 is 2.15 bits per heavy atom. The minimum absolute atomic E-state index is 0.213. The molecule has 4 heterocycles. The van der Waals surface area contributed by atoms with Gasteiger partial charge in [0, 0.05) is 57.0 Å². The second-order valence-corrected chi connectivity index (χ2v) is 7.58. The Bertz CT molecular complexity index is 781. The number of nitrogens with one attached hydrogen (secondary N) is 1. The predicted octanol–water partition coefficient (Wildman–Crippen LogP) is 1.86. The van der Waals surface area contributed by atoms with Gasteiger partial charge in [-0.1, -0.05) is 0 Å². The maximum Gasteiger partial charge on any atom is 0.224 e. The van der Waals surface area contributed by atoms with E-state index in [0.717, 1.165) is 55.4 Å². The van der Waals surface area contributed by atoms with Crippen LogP contribution >= 0.6 is 0 Å². The number of morpholine rings is 1. The molecule has 0 saturated carbocycles. The average Bonchev–Trinajstić information content (AvgIpc) is 3.09. The summed E-state index contributed by atoms with van der Waals surface area (Å²) in [6, 6.07) is 3.89. The van der Waals surface area contributed by atoms with Crippen LogP contribution in [-0.4, -0.2) is 69.0 Å². The summed E-state index contributed by atoms with van der Waals surface area (Å²) in [6.07, 6.45) is 5.37. The number of carbonyl (C=O) groups is 1. The molecule has 27 heavy (non-hydrogen) atoms. The average molecular weight is 369 g/mol. The molecule has 2 aliphatic heterocycles. The Kier molecular flexibility index (Phi) is 5.22. The molecule has 2 aliphatic rings. The fraction of sp³-hybridized carbons (Fsp3) is 0.550. The lowest BCUT2D eigenvalue weighted by molar-refractivity contribution is -0.133. The number of nitrogens with zero attached hydrogens (tertiary/aromatic N) is 4. The van der Waals surface area contributed by atoms with Gasteiger partial charge in [-0.15, -0.1) is 0 Å². The first-order valence-electron chi connectivity index (χ1n) is 9.72. The van der Waals surface area contributed by atoms with E-state index in [-0.39, 0.29) is 18.1 Å². The van der Waals surface area contributed by atoms with E-state index in [1.54, 1.807) is 12.4 Å². The molecule has 2 atom stereocenters. The van der Waals surface area contributed by atoms with Gasteiger partial charge in [-0.05, 0) is 26.0 Å². The largest absolute Gasteiger partial charge is 0.373 e. The topological polar surface area (TPSA) is 74.4 Å². The number of hydrogen-bond acceptors (Lipinski definition) is 5. The number of amides is 1. The van der Waals surface area contributed by atoms with Gasteiger partial charge in [0.25, 0.3) is 0 Å². The summed E-state index contributed by atoms with van der Waals surface area (Å²) in [5.74, 6) is 1.05. The maximum absolute atomic E-state index is 12.7. The highest BCUT2D eigenvalue weighted by Gasteiger charge is 2.26. The highest BCUT2D eigenvalue weighted by molar-refractivity contribution is 5.76. The van der Waals surface area contributed by atoms with Crippen molar-refractivity contribution < 1.29 is 9.53 Å². The number of imidazole rings is 1. The summed E-state index contributed by atoms with van der Waals surface area (Å²) in [6.45, 7) is 8.12. The molecular weight excluding hydrogens is 342 g/mol. The molecule has 0 aromatic carbocycles. The first-order chi connectivity index (χ1) is 13.1. The van der Waals surface area contributed by atoms with Crippen LogP contribution in [0.15, 0.2) is 24.5 Å². The van der Waals surface area contributed by atoms with E-state index in [2.05, 4.69) is 28.7 Å². The number of hydrogen-bond donors (Lipinski definition) is 1. The van der Waals surface area contributed by atoms with E-state index >= 15 is 0 Å². The first kappa shape index (κ1) is 18.1. The van der Waals surface area contributed by atoms with Crippen molar-refractivity contribution in [3.05, 3.63) is 35.9 Å². The lowest BCUT2D eigenvalue weighted by Crippen LogP contribution is -2.47. The highest BCUT2D eigenvalue weighted by atomic mass is 16.5. The van der Waals surface area contributed by atoms with Crippen molar-refractivity contribution in [2.45, 2.75) is 45.4 Å². The number of aromatic nitrogens is 3. The van der Waals surface area contributed by atoms with Crippen LogP contribution in [0.3, 0.4) is 0 Å². The third-order valence-corrected chi connectivity index (χ3v) is 5.26. The minimum atomic E-state index is 0.213. The zero-order chi connectivity index (χ0) is 18.8. The van der Waals surface area contributed by atoms with Crippen LogP contribution in [-0.2, 0) is 22.5 Å². The van der Waals surface area contributed by atoms with Crippen molar-refractivity contribution in [2.24, 2.45) is 0 Å². The minimum Gasteiger partial charge on any atom is -0.373 e. The van der Waals surface area contributed by atoms with Crippen molar-refractivity contribution >= 4 is 5.91 Å². The number of ether oxygens (including phenoxy) is 1. The monoisotopic (exact) mass is 369 g/mol. The van der Waals surface area contributed by atoms with Crippen molar-refractivity contribution in [1.29, 1.82) is 0 Å². The van der Waals surface area contributed by atoms with Crippen LogP contribution in [0.5, 0.6) is 0 Å². The number of aromatic amines is 1. The smallest absolute Gasteiger partial charge is 0.224 e. The normalized spacial score (nSPS) is 23.3. The molecule has 0 spiro atoms. The van der Waals surface area contributed by atoms with E-state index in [0.29, 0.717) is 13.0 Å². The van der Waals surface area contributed by atoms with E-state index in [4.69, 9.17) is 9.72 Å². The van der Waals surface area contributed by atoms with Gasteiger partial charge >= 0.3 is 0 Å². The Morgan fingerprint density at radius 1 is 1.33 bits per heavy atom. The number of pyridine rings is 1. The van der Waals surface area contributed by atoms with Crippen molar-refractivity contribution in [2.75, 3.05) is 26.2 Å². The van der Waals surface area contributed by atoms with Crippen LogP contribution in [0.1, 0.15) is 31.7 Å². The molecule has 0 radical (unpaired) electrons. The van der Waals surface area contributed by atoms with Gasteiger partial charge in [0.2, 0.25) is 5.91 Å². The molecular formula is C20H27N5O2. The molecule has 7 heteroatoms. The summed E-state index contributed by atoms with van der Waals surface area (Å²) in [5, 5.41) is 0. The number of H-pyrrole nitrogens is 1. The Balaban J connectivity index is 1.35. The summed E-state index contributed by atoms with van der Waals surface area (Å²) >= 11 is 0. The molecule has 1 amide bonds. The number of rotatable bonds is 4. The fourth-order valence-electron chi connectivity index (χ4n) is 4.03. The van der Waals surface area contributed by atoms with Gasteiger partial charge in [0.05, 0.1) is 30.1 Å². The van der Waals surface area contributed by atoms with E-state index in [1.165, 1.54) is 0 Å². The molecule has 2 aromatic rings. The molecule has 7 nitrogen and oxygen atoms in total. The van der Waals surface area contributed by atoms with Crippen LogP contribution in [0, 0.1) is 0 Å². The number of carbonyl (C=O) groups excluding carboxylic acids is 1. The number of fused-ring (bicyclic) bond motifs is 1. The first-order valence-corrected chi connectivity index (χ1v) is 9.72. The SMILES string of the molecule is C[C@@H]1CN(CCC(=O)N2CCc3nc(-c4cccnc4)[nH]c3C2)C[C@H](C)O1. The molecule has 0 aliphatic carbocycles. The summed E-state index contributed by atoms with van der Waals surface area (Å²) in [4.78, 5) is 29.2. The zero-order valence-electron chi connectivity index (χ0n) is 16.0. The lowest BCUT2D eigenvalue weighted by Gasteiger charge is -2.35. The molecule has 1 fully saturated rings. The molecule has 2 aromatic heterocycles. The zero-order valence-corrected chi connectivity index (χ0v) is 16.0. The van der Waals surface area contributed by atoms with Gasteiger partial charge in [-0.25, -0.2) is 4.98 Å².